The number of nitrogens with zero attached hydrogens (tertiary/aromatic N) is 1. The van der Waals surface area contributed by atoms with E-state index >= 15 is 0 Å². The van der Waals surface area contributed by atoms with Gasteiger partial charge in [0.1, 0.15) is 0 Å². The lowest BCUT2D eigenvalue weighted by molar-refractivity contribution is -0.135. The summed E-state index contributed by atoms with van der Waals surface area (Å²) in [5.74, 6) is -1.13. The molecule has 5 heteroatoms. The Balaban J connectivity index is 2.03. The largest absolute Gasteiger partial charge is 0.296 e. The number of imide groups is 1. The van der Waals surface area contributed by atoms with Crippen molar-refractivity contribution in [3.63, 3.8) is 0 Å². The molecule has 1 N–H and O–H groups in total. The highest BCUT2D eigenvalue weighted by Crippen LogP contribution is 2.37. The Bertz CT molecular complexity index is 670. The van der Waals surface area contributed by atoms with Gasteiger partial charge in [-0.15, -0.1) is 0 Å². The number of amides is 2. The van der Waals surface area contributed by atoms with Crippen molar-refractivity contribution in [1.29, 1.82) is 0 Å². The van der Waals surface area contributed by atoms with E-state index in [0.29, 0.717) is 0 Å². The van der Waals surface area contributed by atoms with Crippen LogP contribution in [0.25, 0.3) is 0 Å². The number of nitrogens with one attached hydrogen (secondary N) is 1. The predicted molar refractivity (Wildman–Crippen MR) is 81.6 cm³/mol. The smallest absolute Gasteiger partial charge is 0.234 e. The average Bonchev–Trinajstić information content (AvgIpc) is 2.48. The minimum atomic E-state index is -0.391. The zero-order chi connectivity index (χ0) is 14.8. The number of rotatable bonds is 2. The van der Waals surface area contributed by atoms with Gasteiger partial charge in [-0.25, -0.2) is 0 Å². The molecule has 1 saturated heterocycles. The van der Waals surface area contributed by atoms with E-state index in [1.54, 1.807) is 6.20 Å². The van der Waals surface area contributed by atoms with E-state index in [1.807, 2.05) is 42.5 Å². The highest BCUT2D eigenvalue weighted by molar-refractivity contribution is 9.10. The van der Waals surface area contributed by atoms with Gasteiger partial charge >= 0.3 is 0 Å². The molecule has 2 aromatic rings. The number of piperidine rings is 1. The van der Waals surface area contributed by atoms with Crippen LogP contribution in [-0.4, -0.2) is 16.8 Å². The van der Waals surface area contributed by atoms with Crippen LogP contribution in [0, 0.1) is 0 Å². The zero-order valence-electron chi connectivity index (χ0n) is 11.1. The fourth-order valence-electron chi connectivity index (χ4n) is 2.69. The van der Waals surface area contributed by atoms with Gasteiger partial charge in [-0.1, -0.05) is 30.3 Å². The number of hydrogen-bond donors (Lipinski definition) is 1. The zero-order valence-corrected chi connectivity index (χ0v) is 12.7. The molecular weight excluding hydrogens is 332 g/mol. The molecule has 106 valence electrons. The molecule has 1 aromatic carbocycles. The summed E-state index contributed by atoms with van der Waals surface area (Å²) in [5, 5.41) is 2.42. The average molecular weight is 345 g/mol. The molecule has 0 aliphatic carbocycles. The molecule has 2 unspecified atom stereocenters. The van der Waals surface area contributed by atoms with Crippen LogP contribution < -0.4 is 5.32 Å². The second-order valence-electron chi connectivity index (χ2n) is 5.01. The van der Waals surface area contributed by atoms with E-state index in [4.69, 9.17) is 0 Å². The number of carbonyl (C=O) groups is 2. The lowest BCUT2D eigenvalue weighted by Crippen LogP contribution is -2.43. The second-order valence-corrected chi connectivity index (χ2v) is 5.93. The van der Waals surface area contributed by atoms with Crippen LogP contribution in [0.5, 0.6) is 0 Å². The molecule has 1 aliphatic rings. The van der Waals surface area contributed by atoms with Crippen molar-refractivity contribution in [3.05, 3.63) is 64.4 Å². The van der Waals surface area contributed by atoms with Gasteiger partial charge in [0.15, 0.2) is 0 Å². The van der Waals surface area contributed by atoms with Crippen LogP contribution in [0.2, 0.25) is 0 Å². The van der Waals surface area contributed by atoms with Crippen molar-refractivity contribution in [1.82, 2.24) is 10.3 Å². The van der Waals surface area contributed by atoms with Gasteiger partial charge in [0, 0.05) is 28.7 Å². The maximum absolute atomic E-state index is 12.3. The molecule has 1 aliphatic heterocycles. The number of benzene rings is 1. The molecule has 0 bridgehead atoms. The standard InChI is InChI=1S/C16H13BrN2O2/c17-11-6-7-13(18-9-11)12-8-14(20)19-16(21)15(12)10-4-2-1-3-5-10/h1-7,9,12,15H,8H2,(H,19,20,21). The Labute approximate surface area is 130 Å². The monoisotopic (exact) mass is 344 g/mol. The molecule has 1 aromatic heterocycles. The quantitative estimate of drug-likeness (QED) is 0.852. The predicted octanol–water partition coefficient (Wildman–Crippen LogP) is 2.76. The molecule has 0 saturated carbocycles. The van der Waals surface area contributed by atoms with Gasteiger partial charge in [0.25, 0.3) is 0 Å². The Morgan fingerprint density at radius 1 is 1.10 bits per heavy atom. The van der Waals surface area contributed by atoms with Crippen molar-refractivity contribution in [2.75, 3.05) is 0 Å². The van der Waals surface area contributed by atoms with Gasteiger partial charge < -0.3 is 0 Å². The minimum Gasteiger partial charge on any atom is -0.296 e. The summed E-state index contributed by atoms with van der Waals surface area (Å²) in [6.07, 6.45) is 1.95. The Morgan fingerprint density at radius 2 is 1.86 bits per heavy atom. The molecule has 2 atom stereocenters. The lowest BCUT2D eigenvalue weighted by atomic mass is 9.78. The summed E-state index contributed by atoms with van der Waals surface area (Å²) >= 11 is 3.34. The third-order valence-corrected chi connectivity index (χ3v) is 4.11. The van der Waals surface area contributed by atoms with Crippen molar-refractivity contribution in [2.24, 2.45) is 0 Å². The molecule has 1 fully saturated rings. The van der Waals surface area contributed by atoms with E-state index in [1.165, 1.54) is 0 Å². The van der Waals surface area contributed by atoms with Crippen molar-refractivity contribution >= 4 is 27.7 Å². The van der Waals surface area contributed by atoms with E-state index in [-0.39, 0.29) is 24.2 Å². The molecule has 0 spiro atoms. The van der Waals surface area contributed by atoms with Crippen LogP contribution in [0.15, 0.2) is 53.1 Å². The Morgan fingerprint density at radius 3 is 2.52 bits per heavy atom. The van der Waals surface area contributed by atoms with Crippen LogP contribution in [0.3, 0.4) is 0 Å². The fraction of sp³-hybridized carbons (Fsp3) is 0.188. The molecular formula is C16H13BrN2O2. The maximum atomic E-state index is 12.3. The second kappa shape index (κ2) is 5.77. The van der Waals surface area contributed by atoms with Crippen LogP contribution >= 0.6 is 15.9 Å². The first-order valence-electron chi connectivity index (χ1n) is 6.65. The maximum Gasteiger partial charge on any atom is 0.234 e. The van der Waals surface area contributed by atoms with Gasteiger partial charge in [-0.05, 0) is 33.6 Å². The van der Waals surface area contributed by atoms with E-state index < -0.39 is 5.92 Å². The third-order valence-electron chi connectivity index (χ3n) is 3.64. The summed E-state index contributed by atoms with van der Waals surface area (Å²) in [6, 6.07) is 13.2. The topological polar surface area (TPSA) is 59.1 Å². The normalized spacial score (nSPS) is 22.0. The van der Waals surface area contributed by atoms with Crippen molar-refractivity contribution < 1.29 is 9.59 Å². The number of halogens is 1. The number of hydrogen-bond acceptors (Lipinski definition) is 3. The van der Waals surface area contributed by atoms with Crippen LogP contribution in [0.1, 0.15) is 29.5 Å². The molecule has 3 rings (SSSR count). The highest BCUT2D eigenvalue weighted by Gasteiger charge is 2.38. The number of pyridine rings is 1. The van der Waals surface area contributed by atoms with E-state index in [0.717, 1.165) is 15.7 Å². The first-order chi connectivity index (χ1) is 10.1. The fourth-order valence-corrected chi connectivity index (χ4v) is 2.93. The SMILES string of the molecule is O=C1CC(c2ccc(Br)cn2)C(c2ccccc2)C(=O)N1. The molecule has 2 amide bonds. The highest BCUT2D eigenvalue weighted by atomic mass is 79.9. The van der Waals surface area contributed by atoms with Gasteiger partial charge in [0.2, 0.25) is 11.8 Å². The third kappa shape index (κ3) is 2.88. The van der Waals surface area contributed by atoms with Crippen LogP contribution in [-0.2, 0) is 9.59 Å². The summed E-state index contributed by atoms with van der Waals surface area (Å²) in [4.78, 5) is 28.4. The van der Waals surface area contributed by atoms with Crippen molar-refractivity contribution in [2.45, 2.75) is 18.3 Å². The van der Waals surface area contributed by atoms with Gasteiger partial charge in [-0.3, -0.25) is 19.9 Å². The van der Waals surface area contributed by atoms with E-state index in [2.05, 4.69) is 26.2 Å². The Hall–Kier alpha value is -2.01. The number of aromatic nitrogens is 1. The molecule has 21 heavy (non-hydrogen) atoms. The first kappa shape index (κ1) is 13.9. The van der Waals surface area contributed by atoms with Crippen LogP contribution in [0.4, 0.5) is 0 Å². The molecule has 4 nitrogen and oxygen atoms in total. The lowest BCUT2D eigenvalue weighted by Gasteiger charge is -2.30. The molecule has 2 heterocycles. The summed E-state index contributed by atoms with van der Waals surface area (Å²) < 4.78 is 0.870. The summed E-state index contributed by atoms with van der Waals surface area (Å²) in [7, 11) is 0. The van der Waals surface area contributed by atoms with E-state index in [9.17, 15) is 9.59 Å². The number of carbonyl (C=O) groups excluding carboxylic acids is 2. The van der Waals surface area contributed by atoms with Crippen molar-refractivity contribution in [3.8, 4) is 0 Å². The minimum absolute atomic E-state index is 0.234. The van der Waals surface area contributed by atoms with Gasteiger partial charge in [-0.2, -0.15) is 0 Å². The Kier molecular flexibility index (Phi) is 3.84. The first-order valence-corrected chi connectivity index (χ1v) is 7.44. The molecule has 0 radical (unpaired) electrons. The summed E-state index contributed by atoms with van der Waals surface area (Å²) in [5.41, 5.74) is 1.66. The van der Waals surface area contributed by atoms with Gasteiger partial charge in [0.05, 0.1) is 5.92 Å². The summed E-state index contributed by atoms with van der Waals surface area (Å²) in [6.45, 7) is 0.